The molecule has 0 aliphatic rings. The van der Waals surface area contributed by atoms with Gasteiger partial charge in [-0.05, 0) is 6.42 Å². The first-order valence-corrected chi connectivity index (χ1v) is 6.78. The second-order valence-corrected chi connectivity index (χ2v) is 6.14. The van der Waals surface area contributed by atoms with Crippen molar-refractivity contribution in [1.29, 1.82) is 0 Å². The molecule has 0 radical (unpaired) electrons. The predicted molar refractivity (Wildman–Crippen MR) is 69.1 cm³/mol. The Hall–Kier alpha value is -0.700. The van der Waals surface area contributed by atoms with Gasteiger partial charge >= 0.3 is 0 Å². The fourth-order valence-electron chi connectivity index (χ4n) is 1.37. The zero-order valence-corrected chi connectivity index (χ0v) is 11.5. The standard InChI is InChI=1S/C13H21NOS/c1-5-6-7-10(15)8-12-14-11(9-16-12)13(2,3)4/h9H,5-8H2,1-4H3. The summed E-state index contributed by atoms with van der Waals surface area (Å²) >= 11 is 1.61. The van der Waals surface area contributed by atoms with Crippen molar-refractivity contribution in [2.75, 3.05) is 0 Å². The maximum absolute atomic E-state index is 11.6. The van der Waals surface area contributed by atoms with Crippen LogP contribution in [0.3, 0.4) is 0 Å². The Kier molecular flexibility index (Phi) is 4.66. The fourth-order valence-corrected chi connectivity index (χ4v) is 2.42. The van der Waals surface area contributed by atoms with Crippen LogP contribution in [0.15, 0.2) is 5.38 Å². The van der Waals surface area contributed by atoms with Gasteiger partial charge in [0.2, 0.25) is 0 Å². The number of unbranched alkanes of at least 4 members (excludes halogenated alkanes) is 1. The fraction of sp³-hybridized carbons (Fsp3) is 0.692. The van der Waals surface area contributed by atoms with Crippen molar-refractivity contribution in [2.45, 2.75) is 58.8 Å². The summed E-state index contributed by atoms with van der Waals surface area (Å²) in [4.78, 5) is 16.1. The van der Waals surface area contributed by atoms with Gasteiger partial charge in [-0.1, -0.05) is 34.1 Å². The number of hydrogen-bond acceptors (Lipinski definition) is 3. The number of aromatic nitrogens is 1. The van der Waals surface area contributed by atoms with E-state index >= 15 is 0 Å². The Morgan fingerprint density at radius 2 is 2.12 bits per heavy atom. The van der Waals surface area contributed by atoms with Gasteiger partial charge in [-0.3, -0.25) is 4.79 Å². The molecule has 0 amide bonds. The summed E-state index contributed by atoms with van der Waals surface area (Å²) in [6, 6.07) is 0. The normalized spacial score (nSPS) is 11.8. The lowest BCUT2D eigenvalue weighted by Crippen LogP contribution is -2.12. The summed E-state index contributed by atoms with van der Waals surface area (Å²) in [7, 11) is 0. The summed E-state index contributed by atoms with van der Waals surface area (Å²) < 4.78 is 0. The third-order valence-corrected chi connectivity index (χ3v) is 3.33. The van der Waals surface area contributed by atoms with Crippen LogP contribution >= 0.6 is 11.3 Å². The average molecular weight is 239 g/mol. The van der Waals surface area contributed by atoms with E-state index in [1.54, 1.807) is 11.3 Å². The molecule has 3 heteroatoms. The van der Waals surface area contributed by atoms with Crippen molar-refractivity contribution in [3.8, 4) is 0 Å². The summed E-state index contributed by atoms with van der Waals surface area (Å²) in [5.74, 6) is 0.316. The van der Waals surface area contributed by atoms with Crippen LogP contribution in [-0.4, -0.2) is 10.8 Å². The number of rotatable bonds is 5. The minimum Gasteiger partial charge on any atom is -0.299 e. The molecule has 0 unspecified atom stereocenters. The molecule has 0 aromatic carbocycles. The second-order valence-electron chi connectivity index (χ2n) is 5.20. The number of thiazole rings is 1. The van der Waals surface area contributed by atoms with Gasteiger partial charge in [0.15, 0.2) is 0 Å². The zero-order valence-electron chi connectivity index (χ0n) is 10.7. The van der Waals surface area contributed by atoms with Crippen molar-refractivity contribution >= 4 is 17.1 Å². The lowest BCUT2D eigenvalue weighted by atomic mass is 9.93. The molecular formula is C13H21NOS. The van der Waals surface area contributed by atoms with E-state index in [0.29, 0.717) is 18.6 Å². The van der Waals surface area contributed by atoms with Gasteiger partial charge in [0.1, 0.15) is 10.8 Å². The summed E-state index contributed by atoms with van der Waals surface area (Å²) in [5, 5.41) is 3.04. The quantitative estimate of drug-likeness (QED) is 0.783. The molecule has 90 valence electrons. The molecule has 0 atom stereocenters. The van der Waals surface area contributed by atoms with Crippen molar-refractivity contribution in [2.24, 2.45) is 0 Å². The van der Waals surface area contributed by atoms with Crippen molar-refractivity contribution < 1.29 is 4.79 Å². The molecule has 0 aliphatic heterocycles. The highest BCUT2D eigenvalue weighted by Crippen LogP contribution is 2.24. The number of Topliss-reactive ketones (excluding diaryl/α,β-unsaturated/α-hetero) is 1. The highest BCUT2D eigenvalue weighted by atomic mass is 32.1. The first-order valence-electron chi connectivity index (χ1n) is 5.90. The van der Waals surface area contributed by atoms with Gasteiger partial charge in [0.25, 0.3) is 0 Å². The number of hydrogen-bond donors (Lipinski definition) is 0. The molecule has 1 aromatic heterocycles. The lowest BCUT2D eigenvalue weighted by molar-refractivity contribution is -0.118. The first kappa shape index (κ1) is 13.4. The van der Waals surface area contributed by atoms with Gasteiger partial charge in [-0.25, -0.2) is 4.98 Å². The molecule has 0 spiro atoms. The van der Waals surface area contributed by atoms with E-state index in [1.165, 1.54) is 0 Å². The SMILES string of the molecule is CCCCC(=O)Cc1nc(C(C)(C)C)cs1. The van der Waals surface area contributed by atoms with Crippen LogP contribution in [0, 0.1) is 0 Å². The van der Waals surface area contributed by atoms with Crippen LogP contribution in [0.1, 0.15) is 57.7 Å². The van der Waals surface area contributed by atoms with Crippen LogP contribution < -0.4 is 0 Å². The topological polar surface area (TPSA) is 30.0 Å². The predicted octanol–water partition coefficient (Wildman–Crippen LogP) is 3.74. The van der Waals surface area contributed by atoms with Gasteiger partial charge in [0.05, 0.1) is 12.1 Å². The van der Waals surface area contributed by atoms with E-state index in [-0.39, 0.29) is 5.41 Å². The highest BCUT2D eigenvalue weighted by Gasteiger charge is 2.18. The summed E-state index contributed by atoms with van der Waals surface area (Å²) in [6.45, 7) is 8.54. The highest BCUT2D eigenvalue weighted by molar-refractivity contribution is 7.09. The van der Waals surface area contributed by atoms with Gasteiger partial charge < -0.3 is 0 Å². The second kappa shape index (κ2) is 5.58. The van der Waals surface area contributed by atoms with Crippen molar-refractivity contribution in [3.05, 3.63) is 16.1 Å². The van der Waals surface area contributed by atoms with E-state index in [1.807, 2.05) is 0 Å². The molecule has 0 saturated heterocycles. The molecule has 1 aromatic rings. The van der Waals surface area contributed by atoms with E-state index in [4.69, 9.17) is 0 Å². The Labute approximate surface area is 102 Å². The molecule has 16 heavy (non-hydrogen) atoms. The van der Waals surface area contributed by atoms with Gasteiger partial charge in [0, 0.05) is 17.2 Å². The molecule has 2 nitrogen and oxygen atoms in total. The molecule has 0 N–H and O–H groups in total. The smallest absolute Gasteiger partial charge is 0.139 e. The number of ketones is 1. The average Bonchev–Trinajstić information content (AvgIpc) is 2.62. The van der Waals surface area contributed by atoms with Crippen LogP contribution in [-0.2, 0) is 16.6 Å². The monoisotopic (exact) mass is 239 g/mol. The molecular weight excluding hydrogens is 218 g/mol. The van der Waals surface area contributed by atoms with E-state index in [2.05, 4.69) is 38.1 Å². The van der Waals surface area contributed by atoms with Crippen LogP contribution in [0.2, 0.25) is 0 Å². The molecule has 0 aliphatic carbocycles. The van der Waals surface area contributed by atoms with Crippen LogP contribution in [0.25, 0.3) is 0 Å². The third-order valence-electron chi connectivity index (χ3n) is 2.48. The Morgan fingerprint density at radius 1 is 1.44 bits per heavy atom. The zero-order chi connectivity index (χ0) is 12.2. The molecule has 1 rings (SSSR count). The third kappa shape index (κ3) is 4.05. The molecule has 0 fully saturated rings. The Balaban J connectivity index is 2.56. The number of carbonyl (C=O) groups is 1. The number of carbonyl (C=O) groups excluding carboxylic acids is 1. The molecule has 1 heterocycles. The Bertz CT molecular complexity index is 349. The Morgan fingerprint density at radius 3 is 2.62 bits per heavy atom. The van der Waals surface area contributed by atoms with E-state index in [9.17, 15) is 4.79 Å². The van der Waals surface area contributed by atoms with E-state index < -0.39 is 0 Å². The summed E-state index contributed by atoms with van der Waals surface area (Å²) in [6.07, 6.45) is 3.29. The summed E-state index contributed by atoms with van der Waals surface area (Å²) in [5.41, 5.74) is 1.18. The largest absolute Gasteiger partial charge is 0.299 e. The minimum atomic E-state index is 0.0845. The lowest BCUT2D eigenvalue weighted by Gasteiger charge is -2.14. The van der Waals surface area contributed by atoms with Crippen molar-refractivity contribution in [1.82, 2.24) is 4.98 Å². The van der Waals surface area contributed by atoms with Crippen molar-refractivity contribution in [3.63, 3.8) is 0 Å². The number of nitrogens with zero attached hydrogens (tertiary/aromatic N) is 1. The maximum Gasteiger partial charge on any atom is 0.139 e. The van der Waals surface area contributed by atoms with Crippen LogP contribution in [0.4, 0.5) is 0 Å². The first-order chi connectivity index (χ1) is 7.43. The minimum absolute atomic E-state index is 0.0845. The van der Waals surface area contributed by atoms with Crippen LogP contribution in [0.5, 0.6) is 0 Å². The molecule has 0 saturated carbocycles. The van der Waals surface area contributed by atoms with Gasteiger partial charge in [-0.15, -0.1) is 11.3 Å². The van der Waals surface area contributed by atoms with Gasteiger partial charge in [-0.2, -0.15) is 0 Å². The maximum atomic E-state index is 11.6. The van der Waals surface area contributed by atoms with E-state index in [0.717, 1.165) is 23.5 Å². The molecule has 0 bridgehead atoms.